The van der Waals surface area contributed by atoms with Crippen LogP contribution in [-0.2, 0) is 10.2 Å². The normalized spacial score (nSPS) is 11.1. The van der Waals surface area contributed by atoms with Crippen LogP contribution < -0.4 is 4.74 Å². The quantitative estimate of drug-likeness (QED) is 0.504. The fraction of sp³-hybridized carbons (Fsp3) is 0.417. The summed E-state index contributed by atoms with van der Waals surface area (Å²) in [6.45, 7) is 7.71. The van der Waals surface area contributed by atoms with Crippen molar-refractivity contribution in [2.45, 2.75) is 33.1 Å². The van der Waals surface area contributed by atoms with Crippen molar-refractivity contribution in [3.8, 4) is 5.75 Å². The Morgan fingerprint density at radius 1 is 1.36 bits per heavy atom. The predicted octanol–water partition coefficient (Wildman–Crippen LogP) is 2.71. The molecule has 0 fully saturated rings. The standard InChI is InChI=1S/C12H15O2/c1-9(13)14-11-7-5-6-10(8-11)12(2,3)4/h6-8H,1-4H3. The van der Waals surface area contributed by atoms with E-state index in [1.807, 2.05) is 12.1 Å². The third-order valence-corrected chi connectivity index (χ3v) is 1.89. The SMILES string of the molecule is CC(=O)Oc1c[c]cc(C(C)(C)C)c1. The fourth-order valence-corrected chi connectivity index (χ4v) is 1.11. The molecule has 0 atom stereocenters. The molecule has 0 spiro atoms. The van der Waals surface area contributed by atoms with Gasteiger partial charge in [-0.15, -0.1) is 0 Å². The van der Waals surface area contributed by atoms with Gasteiger partial charge in [0.05, 0.1) is 0 Å². The minimum absolute atomic E-state index is 0.0483. The zero-order valence-corrected chi connectivity index (χ0v) is 9.05. The number of hydrogen-bond acceptors (Lipinski definition) is 2. The Hall–Kier alpha value is -1.31. The molecule has 0 N–H and O–H groups in total. The largest absolute Gasteiger partial charge is 0.427 e. The third-order valence-electron chi connectivity index (χ3n) is 1.89. The van der Waals surface area contributed by atoms with Crippen LogP contribution in [-0.4, -0.2) is 5.97 Å². The van der Waals surface area contributed by atoms with E-state index in [1.54, 1.807) is 6.07 Å². The summed E-state index contributed by atoms with van der Waals surface area (Å²) in [5.41, 5.74) is 1.16. The van der Waals surface area contributed by atoms with Gasteiger partial charge < -0.3 is 4.74 Å². The van der Waals surface area contributed by atoms with E-state index in [-0.39, 0.29) is 11.4 Å². The van der Waals surface area contributed by atoms with Gasteiger partial charge in [-0.2, -0.15) is 0 Å². The van der Waals surface area contributed by atoms with Crippen molar-refractivity contribution >= 4 is 5.97 Å². The van der Waals surface area contributed by atoms with Gasteiger partial charge in [0.1, 0.15) is 5.75 Å². The smallest absolute Gasteiger partial charge is 0.308 e. The van der Waals surface area contributed by atoms with E-state index in [9.17, 15) is 4.79 Å². The number of rotatable bonds is 1. The minimum Gasteiger partial charge on any atom is -0.427 e. The van der Waals surface area contributed by atoms with Gasteiger partial charge in [-0.05, 0) is 29.2 Å². The molecule has 1 aromatic carbocycles. The molecular formula is C12H15O2. The number of hydrogen-bond donors (Lipinski definition) is 0. The molecule has 0 aliphatic carbocycles. The van der Waals surface area contributed by atoms with Crippen molar-refractivity contribution in [1.29, 1.82) is 0 Å². The van der Waals surface area contributed by atoms with Gasteiger partial charge in [0.15, 0.2) is 0 Å². The van der Waals surface area contributed by atoms with Gasteiger partial charge in [0.25, 0.3) is 0 Å². The number of carbonyl (C=O) groups excluding carboxylic acids is 1. The summed E-state index contributed by atoms with van der Waals surface area (Å²) in [6, 6.07) is 8.41. The van der Waals surface area contributed by atoms with Crippen molar-refractivity contribution in [2.24, 2.45) is 0 Å². The van der Waals surface area contributed by atoms with Crippen LogP contribution >= 0.6 is 0 Å². The average Bonchev–Trinajstić information content (AvgIpc) is 2.01. The Kier molecular flexibility index (Phi) is 2.94. The maximum absolute atomic E-state index is 10.7. The van der Waals surface area contributed by atoms with Crippen LogP contribution in [0.25, 0.3) is 0 Å². The lowest BCUT2D eigenvalue weighted by atomic mass is 9.87. The number of esters is 1. The Morgan fingerprint density at radius 2 is 2.00 bits per heavy atom. The van der Waals surface area contributed by atoms with E-state index < -0.39 is 0 Å². The van der Waals surface area contributed by atoms with E-state index in [4.69, 9.17) is 4.74 Å². The van der Waals surface area contributed by atoms with Crippen LogP contribution in [0.15, 0.2) is 18.2 Å². The molecule has 2 heteroatoms. The van der Waals surface area contributed by atoms with Crippen molar-refractivity contribution in [2.75, 3.05) is 0 Å². The first kappa shape index (κ1) is 10.8. The Bertz CT molecular complexity index is 334. The van der Waals surface area contributed by atoms with E-state index in [2.05, 4.69) is 26.8 Å². The highest BCUT2D eigenvalue weighted by molar-refractivity contribution is 5.69. The Balaban J connectivity index is 2.95. The van der Waals surface area contributed by atoms with Crippen LogP contribution in [0.1, 0.15) is 33.3 Å². The lowest BCUT2D eigenvalue weighted by molar-refractivity contribution is -0.131. The van der Waals surface area contributed by atoms with Crippen LogP contribution in [0.4, 0.5) is 0 Å². The summed E-state index contributed by atoms with van der Waals surface area (Å²) in [5, 5.41) is 0. The number of benzene rings is 1. The first-order valence-corrected chi connectivity index (χ1v) is 4.59. The molecule has 2 nitrogen and oxygen atoms in total. The molecule has 0 aromatic heterocycles. The molecule has 0 heterocycles. The molecule has 0 bridgehead atoms. The summed E-state index contributed by atoms with van der Waals surface area (Å²) < 4.78 is 4.98. The van der Waals surface area contributed by atoms with E-state index in [1.165, 1.54) is 6.92 Å². The average molecular weight is 191 g/mol. The zero-order chi connectivity index (χ0) is 10.8. The van der Waals surface area contributed by atoms with Crippen LogP contribution in [0.5, 0.6) is 5.75 Å². The van der Waals surface area contributed by atoms with Gasteiger partial charge in [0, 0.05) is 6.92 Å². The highest BCUT2D eigenvalue weighted by Crippen LogP contribution is 2.25. The number of carbonyl (C=O) groups is 1. The summed E-state index contributed by atoms with van der Waals surface area (Å²) in [4.78, 5) is 10.7. The highest BCUT2D eigenvalue weighted by Gasteiger charge is 2.14. The molecular weight excluding hydrogens is 176 g/mol. The maximum atomic E-state index is 10.7. The topological polar surface area (TPSA) is 26.3 Å². The molecule has 0 aliphatic heterocycles. The Labute approximate surface area is 84.9 Å². The molecule has 1 rings (SSSR count). The second kappa shape index (κ2) is 3.82. The van der Waals surface area contributed by atoms with E-state index in [0.717, 1.165) is 5.56 Å². The molecule has 0 amide bonds. The fourth-order valence-electron chi connectivity index (χ4n) is 1.11. The van der Waals surface area contributed by atoms with E-state index >= 15 is 0 Å². The lowest BCUT2D eigenvalue weighted by Crippen LogP contribution is -2.11. The van der Waals surface area contributed by atoms with Gasteiger partial charge in [0.2, 0.25) is 0 Å². The van der Waals surface area contributed by atoms with Crippen molar-refractivity contribution in [1.82, 2.24) is 0 Å². The molecule has 14 heavy (non-hydrogen) atoms. The molecule has 75 valence electrons. The molecule has 0 aliphatic rings. The monoisotopic (exact) mass is 191 g/mol. The minimum atomic E-state index is -0.301. The molecule has 0 unspecified atom stereocenters. The zero-order valence-electron chi connectivity index (χ0n) is 9.05. The third kappa shape index (κ3) is 2.87. The number of ether oxygens (including phenoxy) is 1. The summed E-state index contributed by atoms with van der Waals surface area (Å²) in [5.74, 6) is 0.259. The summed E-state index contributed by atoms with van der Waals surface area (Å²) >= 11 is 0. The van der Waals surface area contributed by atoms with Gasteiger partial charge in [-0.25, -0.2) is 0 Å². The first-order valence-electron chi connectivity index (χ1n) is 4.59. The molecule has 0 saturated heterocycles. The van der Waals surface area contributed by atoms with Crippen molar-refractivity contribution < 1.29 is 9.53 Å². The van der Waals surface area contributed by atoms with Gasteiger partial charge in [-0.3, -0.25) is 4.79 Å². The van der Waals surface area contributed by atoms with Crippen LogP contribution in [0.2, 0.25) is 0 Å². The van der Waals surface area contributed by atoms with Crippen molar-refractivity contribution in [3.05, 3.63) is 29.8 Å². The van der Waals surface area contributed by atoms with Crippen LogP contribution in [0.3, 0.4) is 0 Å². The lowest BCUT2D eigenvalue weighted by Gasteiger charge is -2.19. The van der Waals surface area contributed by atoms with Gasteiger partial charge in [-0.1, -0.05) is 26.8 Å². The molecule has 1 aromatic rings. The van der Waals surface area contributed by atoms with Crippen molar-refractivity contribution in [3.63, 3.8) is 0 Å². The van der Waals surface area contributed by atoms with E-state index in [0.29, 0.717) is 5.75 Å². The highest BCUT2D eigenvalue weighted by atomic mass is 16.5. The molecule has 0 saturated carbocycles. The summed E-state index contributed by atoms with van der Waals surface area (Å²) in [7, 11) is 0. The predicted molar refractivity (Wildman–Crippen MR) is 55.3 cm³/mol. The Morgan fingerprint density at radius 3 is 2.50 bits per heavy atom. The maximum Gasteiger partial charge on any atom is 0.308 e. The summed E-state index contributed by atoms with van der Waals surface area (Å²) in [6.07, 6.45) is 0. The second-order valence-corrected chi connectivity index (χ2v) is 4.30. The molecule has 1 radical (unpaired) electrons. The van der Waals surface area contributed by atoms with Crippen LogP contribution in [0, 0.1) is 6.07 Å². The second-order valence-electron chi connectivity index (χ2n) is 4.30. The van der Waals surface area contributed by atoms with Gasteiger partial charge >= 0.3 is 5.97 Å². The first-order chi connectivity index (χ1) is 6.39.